The molecule has 0 saturated carbocycles. The standard InChI is InChI=1S/C29H34F3NO3/c1-18(29(34)35)17-33-19(2)15-22-21-10-6-5-9-20(21)16-23(22)28(33)26-24(31)11-12-25(27(26)32)36-14-8-4-3-7-13-30/h5-6,9-12,18-19,28H,3-4,7-8,13-17H2,1-2H3,(H,34,35)/t18-,19+,28-/m0/s1. The molecule has 194 valence electrons. The second-order valence-electron chi connectivity index (χ2n) is 9.95. The van der Waals surface area contributed by atoms with Gasteiger partial charge in [0, 0.05) is 18.2 Å². The summed E-state index contributed by atoms with van der Waals surface area (Å²) < 4.78 is 49.4. The average molecular weight is 502 g/mol. The molecular weight excluding hydrogens is 467 g/mol. The number of benzene rings is 2. The Hall–Kier alpha value is -2.80. The maximum Gasteiger partial charge on any atom is 0.307 e. The topological polar surface area (TPSA) is 49.8 Å². The van der Waals surface area contributed by atoms with Gasteiger partial charge in [-0.1, -0.05) is 37.6 Å². The van der Waals surface area contributed by atoms with Crippen molar-refractivity contribution >= 4 is 11.5 Å². The lowest BCUT2D eigenvalue weighted by Crippen LogP contribution is -2.45. The number of rotatable bonds is 11. The Morgan fingerprint density at radius 3 is 2.64 bits per heavy atom. The van der Waals surface area contributed by atoms with Crippen molar-refractivity contribution in [2.45, 2.75) is 64.5 Å². The SMILES string of the molecule is C[C@@H]1CC2=C(Cc3ccccc32)[C@@H](c2c(F)ccc(OCCCCCCF)c2F)N1C[C@H](C)C(=O)O. The van der Waals surface area contributed by atoms with Crippen molar-refractivity contribution in [3.05, 3.63) is 70.3 Å². The number of carboxylic acid groups (broad SMARTS) is 1. The monoisotopic (exact) mass is 501 g/mol. The Bertz CT molecular complexity index is 1130. The number of alkyl halides is 1. The van der Waals surface area contributed by atoms with Crippen molar-refractivity contribution in [3.63, 3.8) is 0 Å². The van der Waals surface area contributed by atoms with E-state index in [2.05, 4.69) is 0 Å². The van der Waals surface area contributed by atoms with Crippen LogP contribution in [0.4, 0.5) is 13.2 Å². The Morgan fingerprint density at radius 1 is 1.14 bits per heavy atom. The Balaban J connectivity index is 1.71. The van der Waals surface area contributed by atoms with Crippen LogP contribution in [0.25, 0.3) is 5.57 Å². The van der Waals surface area contributed by atoms with Gasteiger partial charge < -0.3 is 9.84 Å². The largest absolute Gasteiger partial charge is 0.491 e. The summed E-state index contributed by atoms with van der Waals surface area (Å²) in [4.78, 5) is 13.6. The number of halogens is 3. The van der Waals surface area contributed by atoms with Crippen LogP contribution >= 0.6 is 0 Å². The van der Waals surface area contributed by atoms with Crippen molar-refractivity contribution in [1.29, 1.82) is 0 Å². The first-order valence-electron chi connectivity index (χ1n) is 12.8. The van der Waals surface area contributed by atoms with Crippen molar-refractivity contribution < 1.29 is 27.8 Å². The second kappa shape index (κ2) is 11.5. The van der Waals surface area contributed by atoms with Gasteiger partial charge in [-0.3, -0.25) is 14.1 Å². The minimum absolute atomic E-state index is 0.0148. The van der Waals surface area contributed by atoms with Crippen molar-refractivity contribution in [2.75, 3.05) is 19.8 Å². The van der Waals surface area contributed by atoms with Crippen LogP contribution in [0.5, 0.6) is 5.75 Å². The number of ether oxygens (including phenoxy) is 1. The number of carbonyl (C=O) groups is 1. The quantitative estimate of drug-likeness (QED) is 0.347. The van der Waals surface area contributed by atoms with Crippen molar-refractivity contribution in [3.8, 4) is 5.75 Å². The number of hydrogen-bond acceptors (Lipinski definition) is 3. The number of nitrogens with zero attached hydrogens (tertiary/aromatic N) is 1. The molecule has 1 heterocycles. The highest BCUT2D eigenvalue weighted by atomic mass is 19.1. The van der Waals surface area contributed by atoms with E-state index in [0.717, 1.165) is 35.1 Å². The number of aliphatic carboxylic acids is 1. The van der Waals surface area contributed by atoms with E-state index in [1.807, 2.05) is 36.1 Å². The van der Waals surface area contributed by atoms with Gasteiger partial charge in [0.15, 0.2) is 11.6 Å². The molecule has 7 heteroatoms. The summed E-state index contributed by atoms with van der Waals surface area (Å²) in [6, 6.07) is 9.72. The van der Waals surface area contributed by atoms with Crippen molar-refractivity contribution in [2.24, 2.45) is 5.92 Å². The molecule has 0 amide bonds. The lowest BCUT2D eigenvalue weighted by molar-refractivity contribution is -0.142. The zero-order valence-corrected chi connectivity index (χ0v) is 20.9. The van der Waals surface area contributed by atoms with E-state index in [9.17, 15) is 14.3 Å². The summed E-state index contributed by atoms with van der Waals surface area (Å²) >= 11 is 0. The first-order chi connectivity index (χ1) is 17.3. The van der Waals surface area contributed by atoms with Crippen LogP contribution in [0.2, 0.25) is 0 Å². The summed E-state index contributed by atoms with van der Waals surface area (Å²) in [5.74, 6) is -3.07. The maximum absolute atomic E-state index is 16.0. The normalized spacial score (nSPS) is 20.2. The van der Waals surface area contributed by atoms with Crippen molar-refractivity contribution in [1.82, 2.24) is 4.90 Å². The minimum Gasteiger partial charge on any atom is -0.491 e. The van der Waals surface area contributed by atoms with Crippen LogP contribution in [-0.4, -0.2) is 41.8 Å². The number of unbranched alkanes of at least 4 members (excludes halogenated alkanes) is 3. The van der Waals surface area contributed by atoms with Gasteiger partial charge in [0.2, 0.25) is 0 Å². The first-order valence-corrected chi connectivity index (χ1v) is 12.8. The summed E-state index contributed by atoms with van der Waals surface area (Å²) in [6.07, 6.45) is 3.92. The molecular formula is C29H34F3NO3. The Labute approximate surface area is 210 Å². The zero-order chi connectivity index (χ0) is 25.8. The molecule has 2 aromatic rings. The van der Waals surface area contributed by atoms with E-state index in [-0.39, 0.29) is 37.2 Å². The van der Waals surface area contributed by atoms with E-state index in [4.69, 9.17) is 4.74 Å². The van der Waals surface area contributed by atoms with Crippen LogP contribution in [0.3, 0.4) is 0 Å². The molecule has 0 radical (unpaired) electrons. The van der Waals surface area contributed by atoms with Gasteiger partial charge in [-0.05, 0) is 73.4 Å². The third kappa shape index (κ3) is 5.31. The molecule has 1 aliphatic carbocycles. The van der Waals surface area contributed by atoms with Crippen LogP contribution in [0.15, 0.2) is 42.0 Å². The van der Waals surface area contributed by atoms with E-state index >= 15 is 8.78 Å². The van der Waals surface area contributed by atoms with E-state index in [1.54, 1.807) is 6.92 Å². The smallest absolute Gasteiger partial charge is 0.307 e. The van der Waals surface area contributed by atoms with Crippen LogP contribution in [-0.2, 0) is 11.2 Å². The maximum atomic E-state index is 16.0. The minimum atomic E-state index is -0.943. The summed E-state index contributed by atoms with van der Waals surface area (Å²) in [7, 11) is 0. The Morgan fingerprint density at radius 2 is 1.89 bits per heavy atom. The lowest BCUT2D eigenvalue weighted by atomic mass is 9.84. The molecule has 2 aromatic carbocycles. The molecule has 2 aliphatic rings. The summed E-state index contributed by atoms with van der Waals surface area (Å²) in [6.45, 7) is 3.69. The highest BCUT2D eigenvalue weighted by molar-refractivity contribution is 5.79. The molecule has 4 nitrogen and oxygen atoms in total. The van der Waals surface area contributed by atoms with E-state index in [0.29, 0.717) is 25.7 Å². The summed E-state index contributed by atoms with van der Waals surface area (Å²) in [5, 5.41) is 9.59. The molecule has 0 unspecified atom stereocenters. The van der Waals surface area contributed by atoms with Gasteiger partial charge in [-0.15, -0.1) is 0 Å². The third-order valence-electron chi connectivity index (χ3n) is 7.39. The lowest BCUT2D eigenvalue weighted by Gasteiger charge is -2.43. The molecule has 0 aromatic heterocycles. The predicted molar refractivity (Wildman–Crippen MR) is 134 cm³/mol. The fourth-order valence-electron chi connectivity index (χ4n) is 5.49. The molecule has 0 saturated heterocycles. The van der Waals surface area contributed by atoms with Gasteiger partial charge in [-0.25, -0.2) is 8.78 Å². The molecule has 0 fully saturated rings. The summed E-state index contributed by atoms with van der Waals surface area (Å²) in [5.41, 5.74) is 4.16. The number of fused-ring (bicyclic) bond motifs is 2. The molecule has 4 rings (SSSR count). The van der Waals surface area contributed by atoms with Crippen LogP contribution in [0, 0.1) is 17.6 Å². The second-order valence-corrected chi connectivity index (χ2v) is 9.95. The highest BCUT2D eigenvalue weighted by Gasteiger charge is 2.42. The number of carboxylic acids is 1. The van der Waals surface area contributed by atoms with E-state index in [1.165, 1.54) is 12.1 Å². The molecule has 1 N–H and O–H groups in total. The van der Waals surface area contributed by atoms with Crippen LogP contribution < -0.4 is 4.74 Å². The molecule has 0 bridgehead atoms. The van der Waals surface area contributed by atoms with E-state index < -0.39 is 29.6 Å². The Kier molecular flexibility index (Phi) is 8.39. The fraction of sp³-hybridized carbons (Fsp3) is 0.483. The van der Waals surface area contributed by atoms with Gasteiger partial charge in [-0.2, -0.15) is 0 Å². The van der Waals surface area contributed by atoms with Gasteiger partial charge in [0.1, 0.15) is 5.82 Å². The first kappa shape index (κ1) is 26.3. The number of hydrogen-bond donors (Lipinski definition) is 1. The van der Waals surface area contributed by atoms with Gasteiger partial charge in [0.25, 0.3) is 0 Å². The van der Waals surface area contributed by atoms with Gasteiger partial charge >= 0.3 is 5.97 Å². The molecule has 1 aliphatic heterocycles. The fourth-order valence-corrected chi connectivity index (χ4v) is 5.49. The molecule has 36 heavy (non-hydrogen) atoms. The average Bonchev–Trinajstić information content (AvgIpc) is 3.22. The zero-order valence-electron chi connectivity index (χ0n) is 20.9. The third-order valence-corrected chi connectivity index (χ3v) is 7.39. The van der Waals surface area contributed by atoms with Gasteiger partial charge in [0.05, 0.1) is 25.2 Å². The van der Waals surface area contributed by atoms with Crippen LogP contribution in [0.1, 0.15) is 68.7 Å². The molecule has 3 atom stereocenters. The predicted octanol–water partition coefficient (Wildman–Crippen LogP) is 6.74. The molecule has 0 spiro atoms. The highest BCUT2D eigenvalue weighted by Crippen LogP contribution is 2.50.